The van der Waals surface area contributed by atoms with Gasteiger partial charge in [0.05, 0.1) is 6.04 Å². The summed E-state index contributed by atoms with van der Waals surface area (Å²) in [5.41, 5.74) is 0.858. The molecule has 0 N–H and O–H groups in total. The molecule has 1 aromatic rings. The van der Waals surface area contributed by atoms with Gasteiger partial charge in [-0.1, -0.05) is 50.6 Å². The third-order valence-electron chi connectivity index (χ3n) is 3.93. The first-order valence-corrected chi connectivity index (χ1v) is 7.63. The SMILES string of the molecule is CCCCN(C1CC1)C(CC)C(=O)c1ccccc1. The topological polar surface area (TPSA) is 20.3 Å². The van der Waals surface area contributed by atoms with E-state index in [1.807, 2.05) is 30.3 Å². The van der Waals surface area contributed by atoms with Gasteiger partial charge in [-0.2, -0.15) is 0 Å². The average molecular weight is 259 g/mol. The number of Topliss-reactive ketones (excluding diaryl/α,β-unsaturated/α-hetero) is 1. The largest absolute Gasteiger partial charge is 0.292 e. The Morgan fingerprint density at radius 3 is 2.47 bits per heavy atom. The van der Waals surface area contributed by atoms with Gasteiger partial charge in [0.1, 0.15) is 0 Å². The molecular weight excluding hydrogens is 234 g/mol. The molecule has 1 saturated carbocycles. The van der Waals surface area contributed by atoms with E-state index in [1.54, 1.807) is 0 Å². The lowest BCUT2D eigenvalue weighted by Gasteiger charge is -2.30. The number of hydrogen-bond acceptors (Lipinski definition) is 2. The molecule has 0 aliphatic heterocycles. The van der Waals surface area contributed by atoms with Crippen molar-refractivity contribution in [3.63, 3.8) is 0 Å². The highest BCUT2D eigenvalue weighted by atomic mass is 16.1. The van der Waals surface area contributed by atoms with Crippen molar-refractivity contribution in [2.24, 2.45) is 0 Å². The molecule has 0 radical (unpaired) electrons. The minimum Gasteiger partial charge on any atom is -0.292 e. The molecule has 1 aliphatic rings. The van der Waals surface area contributed by atoms with Gasteiger partial charge in [0, 0.05) is 11.6 Å². The van der Waals surface area contributed by atoms with Crippen molar-refractivity contribution in [2.75, 3.05) is 6.54 Å². The number of ketones is 1. The number of benzene rings is 1. The second-order valence-corrected chi connectivity index (χ2v) is 5.48. The maximum Gasteiger partial charge on any atom is 0.179 e. The second kappa shape index (κ2) is 6.85. The molecule has 0 amide bonds. The lowest BCUT2D eigenvalue weighted by atomic mass is 10.00. The Balaban J connectivity index is 2.10. The van der Waals surface area contributed by atoms with E-state index in [1.165, 1.54) is 25.7 Å². The fourth-order valence-corrected chi connectivity index (χ4v) is 2.71. The van der Waals surface area contributed by atoms with Crippen LogP contribution in [0.4, 0.5) is 0 Å². The van der Waals surface area contributed by atoms with Gasteiger partial charge < -0.3 is 0 Å². The molecule has 1 fully saturated rings. The third-order valence-corrected chi connectivity index (χ3v) is 3.93. The zero-order valence-electron chi connectivity index (χ0n) is 12.1. The van der Waals surface area contributed by atoms with Crippen LogP contribution in [0.25, 0.3) is 0 Å². The molecule has 1 aliphatic carbocycles. The van der Waals surface area contributed by atoms with E-state index in [-0.39, 0.29) is 6.04 Å². The zero-order valence-corrected chi connectivity index (χ0v) is 12.1. The molecule has 1 atom stereocenters. The van der Waals surface area contributed by atoms with Crippen LogP contribution in [0.15, 0.2) is 30.3 Å². The highest BCUT2D eigenvalue weighted by Gasteiger charge is 2.35. The van der Waals surface area contributed by atoms with Crippen molar-refractivity contribution in [1.82, 2.24) is 4.90 Å². The molecule has 19 heavy (non-hydrogen) atoms. The highest BCUT2D eigenvalue weighted by Crippen LogP contribution is 2.30. The van der Waals surface area contributed by atoms with Crippen molar-refractivity contribution >= 4 is 5.78 Å². The molecule has 2 nitrogen and oxygen atoms in total. The normalized spacial score (nSPS) is 16.6. The molecule has 0 saturated heterocycles. The Kier molecular flexibility index (Phi) is 5.15. The smallest absolute Gasteiger partial charge is 0.179 e. The van der Waals surface area contributed by atoms with Crippen LogP contribution in [0.3, 0.4) is 0 Å². The van der Waals surface area contributed by atoms with E-state index in [2.05, 4.69) is 18.7 Å². The van der Waals surface area contributed by atoms with Gasteiger partial charge in [-0.3, -0.25) is 9.69 Å². The number of hydrogen-bond donors (Lipinski definition) is 0. The maximum atomic E-state index is 12.7. The molecule has 0 bridgehead atoms. The predicted octanol–water partition coefficient (Wildman–Crippen LogP) is 3.91. The number of nitrogens with zero attached hydrogens (tertiary/aromatic N) is 1. The standard InChI is InChI=1S/C17H25NO/c1-3-5-13-18(15-11-12-15)16(4-2)17(19)14-9-7-6-8-10-14/h6-10,15-16H,3-5,11-13H2,1-2H3. The Morgan fingerprint density at radius 2 is 1.95 bits per heavy atom. The Morgan fingerprint density at radius 1 is 1.26 bits per heavy atom. The minimum absolute atomic E-state index is 0.0708. The summed E-state index contributed by atoms with van der Waals surface area (Å²) < 4.78 is 0. The lowest BCUT2D eigenvalue weighted by molar-refractivity contribution is 0.0794. The Bertz CT molecular complexity index is 397. The van der Waals surface area contributed by atoms with Crippen LogP contribution < -0.4 is 0 Å². The number of rotatable bonds is 8. The molecule has 1 unspecified atom stereocenters. The summed E-state index contributed by atoms with van der Waals surface area (Å²) in [6, 6.07) is 10.5. The first kappa shape index (κ1) is 14.3. The van der Waals surface area contributed by atoms with Crippen LogP contribution in [-0.2, 0) is 0 Å². The molecule has 2 rings (SSSR count). The van der Waals surface area contributed by atoms with E-state index >= 15 is 0 Å². The van der Waals surface area contributed by atoms with Crippen molar-refractivity contribution in [2.45, 2.75) is 58.0 Å². The van der Waals surface area contributed by atoms with E-state index in [4.69, 9.17) is 0 Å². The summed E-state index contributed by atoms with van der Waals surface area (Å²) in [5, 5.41) is 0. The Hall–Kier alpha value is -1.15. The van der Waals surface area contributed by atoms with Gasteiger partial charge in [-0.15, -0.1) is 0 Å². The zero-order chi connectivity index (χ0) is 13.7. The molecule has 1 aromatic carbocycles. The van der Waals surface area contributed by atoms with E-state index in [9.17, 15) is 4.79 Å². The monoisotopic (exact) mass is 259 g/mol. The van der Waals surface area contributed by atoms with Crippen LogP contribution in [0.1, 0.15) is 56.3 Å². The van der Waals surface area contributed by atoms with Crippen LogP contribution in [-0.4, -0.2) is 29.3 Å². The summed E-state index contributed by atoms with van der Waals surface area (Å²) in [6.07, 6.45) is 5.83. The van der Waals surface area contributed by atoms with Gasteiger partial charge in [-0.25, -0.2) is 0 Å². The van der Waals surface area contributed by atoms with Crippen LogP contribution >= 0.6 is 0 Å². The Labute approximate surface area is 116 Å². The fraction of sp³-hybridized carbons (Fsp3) is 0.588. The van der Waals surface area contributed by atoms with E-state index < -0.39 is 0 Å². The average Bonchev–Trinajstić information content (AvgIpc) is 3.28. The van der Waals surface area contributed by atoms with Crippen molar-refractivity contribution in [3.8, 4) is 0 Å². The molecule has 2 heteroatoms. The summed E-state index contributed by atoms with van der Waals surface area (Å²) in [6.45, 7) is 5.41. The molecule has 0 spiro atoms. The van der Waals surface area contributed by atoms with Gasteiger partial charge in [0.2, 0.25) is 0 Å². The minimum atomic E-state index is 0.0708. The summed E-state index contributed by atoms with van der Waals surface area (Å²) >= 11 is 0. The summed E-state index contributed by atoms with van der Waals surface area (Å²) in [7, 11) is 0. The van der Waals surface area contributed by atoms with E-state index in [0.29, 0.717) is 11.8 Å². The van der Waals surface area contributed by atoms with Gasteiger partial charge >= 0.3 is 0 Å². The number of carbonyl (C=O) groups excluding carboxylic acids is 1. The van der Waals surface area contributed by atoms with Gasteiger partial charge in [0.25, 0.3) is 0 Å². The highest BCUT2D eigenvalue weighted by molar-refractivity contribution is 6.00. The second-order valence-electron chi connectivity index (χ2n) is 5.48. The van der Waals surface area contributed by atoms with Crippen LogP contribution in [0.2, 0.25) is 0 Å². The first-order chi connectivity index (χ1) is 9.27. The van der Waals surface area contributed by atoms with Crippen LogP contribution in [0, 0.1) is 0 Å². The van der Waals surface area contributed by atoms with E-state index in [0.717, 1.165) is 18.5 Å². The molecule has 104 valence electrons. The van der Waals surface area contributed by atoms with Gasteiger partial charge in [0.15, 0.2) is 5.78 Å². The quantitative estimate of drug-likeness (QED) is 0.660. The predicted molar refractivity (Wildman–Crippen MR) is 79.5 cm³/mol. The van der Waals surface area contributed by atoms with Crippen molar-refractivity contribution in [3.05, 3.63) is 35.9 Å². The number of carbonyl (C=O) groups is 1. The molecular formula is C17H25NO. The fourth-order valence-electron chi connectivity index (χ4n) is 2.71. The molecule has 0 heterocycles. The van der Waals surface area contributed by atoms with Crippen LogP contribution in [0.5, 0.6) is 0 Å². The lowest BCUT2D eigenvalue weighted by Crippen LogP contribution is -2.43. The maximum absolute atomic E-state index is 12.7. The summed E-state index contributed by atoms with van der Waals surface area (Å²) in [5.74, 6) is 0.297. The molecule has 0 aromatic heterocycles. The van der Waals surface area contributed by atoms with Crippen molar-refractivity contribution < 1.29 is 4.79 Å². The van der Waals surface area contributed by atoms with Gasteiger partial charge in [-0.05, 0) is 32.2 Å². The summed E-state index contributed by atoms with van der Waals surface area (Å²) in [4.78, 5) is 15.1. The first-order valence-electron chi connectivity index (χ1n) is 7.63. The third kappa shape index (κ3) is 3.66. The van der Waals surface area contributed by atoms with Crippen molar-refractivity contribution in [1.29, 1.82) is 0 Å². The number of unbranched alkanes of at least 4 members (excludes halogenated alkanes) is 1.